The molecular formula is C28H38N4O2. The molecule has 2 unspecified atom stereocenters. The summed E-state index contributed by atoms with van der Waals surface area (Å²) >= 11 is 0. The number of likely N-dealkylation sites (tertiary alicyclic amines) is 2. The van der Waals surface area contributed by atoms with E-state index >= 15 is 0 Å². The Balaban J connectivity index is 1.32. The van der Waals surface area contributed by atoms with Crippen molar-refractivity contribution >= 4 is 11.8 Å². The van der Waals surface area contributed by atoms with Crippen LogP contribution in [0.4, 0.5) is 0 Å². The number of rotatable bonds is 9. The lowest BCUT2D eigenvalue weighted by atomic mass is 10.0. The smallest absolute Gasteiger partial charge is 0.255 e. The molecule has 6 heteroatoms. The third-order valence-electron chi connectivity index (χ3n) is 7.44. The average molecular weight is 463 g/mol. The molecule has 1 aromatic heterocycles. The predicted molar refractivity (Wildman–Crippen MR) is 135 cm³/mol. The molecule has 0 saturated carbocycles. The van der Waals surface area contributed by atoms with E-state index in [1.807, 2.05) is 43.0 Å². The summed E-state index contributed by atoms with van der Waals surface area (Å²) in [6.07, 6.45) is 5.22. The highest BCUT2D eigenvalue weighted by Gasteiger charge is 2.42. The van der Waals surface area contributed by atoms with Crippen LogP contribution < -0.4 is 5.32 Å². The normalized spacial score (nSPS) is 20.9. The molecule has 3 heterocycles. The van der Waals surface area contributed by atoms with Gasteiger partial charge >= 0.3 is 0 Å². The summed E-state index contributed by atoms with van der Waals surface area (Å²) in [7, 11) is 0. The molecule has 2 aromatic rings. The van der Waals surface area contributed by atoms with Crippen molar-refractivity contribution < 1.29 is 9.59 Å². The summed E-state index contributed by atoms with van der Waals surface area (Å²) in [6, 6.07) is 12.3. The van der Waals surface area contributed by atoms with Crippen LogP contribution in [0.2, 0.25) is 0 Å². The molecule has 2 amide bonds. The molecule has 4 rings (SSSR count). The second-order valence-electron chi connectivity index (χ2n) is 10.0. The Hall–Kier alpha value is -2.73. The predicted octanol–water partition coefficient (Wildman–Crippen LogP) is 4.14. The fourth-order valence-corrected chi connectivity index (χ4v) is 5.54. The largest absolute Gasteiger partial charge is 0.349 e. The second kappa shape index (κ2) is 11.1. The van der Waals surface area contributed by atoms with Crippen molar-refractivity contribution in [1.29, 1.82) is 0 Å². The van der Waals surface area contributed by atoms with Crippen molar-refractivity contribution in [3.8, 4) is 0 Å². The number of nitrogens with one attached hydrogen (secondary N) is 1. The third-order valence-corrected chi connectivity index (χ3v) is 7.44. The van der Waals surface area contributed by atoms with Gasteiger partial charge in [0.1, 0.15) is 0 Å². The molecule has 0 radical (unpaired) electrons. The van der Waals surface area contributed by atoms with Gasteiger partial charge in [-0.2, -0.15) is 0 Å². The summed E-state index contributed by atoms with van der Waals surface area (Å²) in [5, 5.41) is 3.27. The summed E-state index contributed by atoms with van der Waals surface area (Å²) in [5.41, 5.74) is 3.76. The number of carbonyl (C=O) groups is 2. The number of pyridine rings is 1. The van der Waals surface area contributed by atoms with Crippen molar-refractivity contribution in [2.45, 2.75) is 52.5 Å². The second-order valence-corrected chi connectivity index (χ2v) is 10.0. The fourth-order valence-electron chi connectivity index (χ4n) is 5.54. The lowest BCUT2D eigenvalue weighted by molar-refractivity contribution is -0.122. The number of carbonyl (C=O) groups excluding carboxylic acids is 2. The van der Waals surface area contributed by atoms with Crippen molar-refractivity contribution in [3.05, 3.63) is 65.0 Å². The van der Waals surface area contributed by atoms with Gasteiger partial charge in [0.15, 0.2) is 0 Å². The first-order chi connectivity index (χ1) is 16.5. The van der Waals surface area contributed by atoms with Gasteiger partial charge < -0.3 is 15.1 Å². The van der Waals surface area contributed by atoms with E-state index in [0.29, 0.717) is 18.3 Å². The zero-order chi connectivity index (χ0) is 24.1. The maximum atomic E-state index is 13.2. The van der Waals surface area contributed by atoms with Gasteiger partial charge in [0.2, 0.25) is 5.91 Å². The number of benzene rings is 1. The molecular weight excluding hydrogens is 424 g/mol. The number of amides is 2. The minimum atomic E-state index is 0.0422. The Labute approximate surface area is 203 Å². The summed E-state index contributed by atoms with van der Waals surface area (Å²) in [4.78, 5) is 34.5. The molecule has 1 aromatic carbocycles. The van der Waals surface area contributed by atoms with E-state index in [0.717, 1.165) is 68.8 Å². The molecule has 2 saturated heterocycles. The van der Waals surface area contributed by atoms with Gasteiger partial charge in [0.25, 0.3) is 5.91 Å². The number of hydrogen-bond donors (Lipinski definition) is 1. The first-order valence-corrected chi connectivity index (χ1v) is 12.7. The Kier molecular flexibility index (Phi) is 7.99. The van der Waals surface area contributed by atoms with Gasteiger partial charge in [-0.05, 0) is 55.7 Å². The average Bonchev–Trinajstić information content (AvgIpc) is 3.40. The maximum Gasteiger partial charge on any atom is 0.255 e. The number of aromatic nitrogens is 1. The molecule has 2 fully saturated rings. The van der Waals surface area contributed by atoms with Gasteiger partial charge in [-0.3, -0.25) is 14.6 Å². The van der Waals surface area contributed by atoms with Crippen LogP contribution in [-0.4, -0.2) is 59.3 Å². The van der Waals surface area contributed by atoms with Crippen molar-refractivity contribution in [1.82, 2.24) is 20.1 Å². The lowest BCUT2D eigenvalue weighted by Crippen LogP contribution is -2.35. The topological polar surface area (TPSA) is 65.5 Å². The van der Waals surface area contributed by atoms with E-state index < -0.39 is 0 Å². The number of fused-ring (bicyclic) bond motifs is 1. The third kappa shape index (κ3) is 5.66. The monoisotopic (exact) mass is 462 g/mol. The summed E-state index contributed by atoms with van der Waals surface area (Å²) in [6.45, 7) is 10.7. The van der Waals surface area contributed by atoms with E-state index in [4.69, 9.17) is 0 Å². The van der Waals surface area contributed by atoms with Crippen LogP contribution in [0.1, 0.15) is 65.8 Å². The summed E-state index contributed by atoms with van der Waals surface area (Å²) in [5.74, 6) is 1.32. The molecule has 0 aliphatic carbocycles. The molecule has 0 spiro atoms. The van der Waals surface area contributed by atoms with E-state index in [9.17, 15) is 9.59 Å². The standard InChI is InChI=1S/C28H38N4O2/c1-4-5-11-26(33)30-25(22-9-7-6-8-10-22)13-15-31-16-23-18-32(19-24(23)17-31)28(34)27-20(2)12-14-29-21(27)3/h6-10,12,14,23-25H,4-5,11,13,15-19H2,1-3H3,(H,30,33)/t23?,24?,25-/m0/s1. The minimum absolute atomic E-state index is 0.0422. The van der Waals surface area contributed by atoms with Gasteiger partial charge in [-0.1, -0.05) is 43.7 Å². The van der Waals surface area contributed by atoms with Crippen LogP contribution >= 0.6 is 0 Å². The van der Waals surface area contributed by atoms with E-state index in [-0.39, 0.29) is 17.9 Å². The first kappa shape index (κ1) is 24.4. The SMILES string of the molecule is CCCCC(=O)N[C@@H](CCN1CC2CN(C(=O)c3c(C)ccnc3C)CC2C1)c1ccccc1. The van der Waals surface area contributed by atoms with Crippen LogP contribution in [0.15, 0.2) is 42.6 Å². The maximum absolute atomic E-state index is 13.2. The molecule has 2 aliphatic heterocycles. The Morgan fingerprint density at radius 3 is 2.41 bits per heavy atom. The highest BCUT2D eigenvalue weighted by atomic mass is 16.2. The number of aryl methyl sites for hydroxylation is 2. The van der Waals surface area contributed by atoms with Crippen LogP contribution in [0.5, 0.6) is 0 Å². The van der Waals surface area contributed by atoms with E-state index in [1.165, 1.54) is 5.56 Å². The Morgan fingerprint density at radius 2 is 1.76 bits per heavy atom. The lowest BCUT2D eigenvalue weighted by Gasteiger charge is -2.25. The molecule has 3 atom stereocenters. The van der Waals surface area contributed by atoms with Gasteiger partial charge in [0.05, 0.1) is 17.3 Å². The molecule has 2 aliphatic rings. The van der Waals surface area contributed by atoms with Crippen molar-refractivity contribution in [3.63, 3.8) is 0 Å². The van der Waals surface area contributed by atoms with Crippen LogP contribution in [0.3, 0.4) is 0 Å². The molecule has 1 N–H and O–H groups in total. The van der Waals surface area contributed by atoms with Crippen LogP contribution in [0, 0.1) is 25.7 Å². The van der Waals surface area contributed by atoms with Gasteiger partial charge in [-0.15, -0.1) is 0 Å². The zero-order valence-electron chi connectivity index (χ0n) is 20.8. The Morgan fingerprint density at radius 1 is 1.06 bits per heavy atom. The highest BCUT2D eigenvalue weighted by molar-refractivity contribution is 5.96. The number of hydrogen-bond acceptors (Lipinski definition) is 4. The zero-order valence-corrected chi connectivity index (χ0v) is 20.8. The molecule has 182 valence electrons. The highest BCUT2D eigenvalue weighted by Crippen LogP contribution is 2.33. The van der Waals surface area contributed by atoms with Crippen LogP contribution in [0.25, 0.3) is 0 Å². The molecule has 0 bridgehead atoms. The number of nitrogens with zero attached hydrogens (tertiary/aromatic N) is 3. The van der Waals surface area contributed by atoms with E-state index in [2.05, 4.69) is 34.3 Å². The first-order valence-electron chi connectivity index (χ1n) is 12.7. The quantitative estimate of drug-likeness (QED) is 0.608. The Bertz CT molecular complexity index is 959. The van der Waals surface area contributed by atoms with E-state index in [1.54, 1.807) is 6.20 Å². The van der Waals surface area contributed by atoms with Crippen molar-refractivity contribution in [2.75, 3.05) is 32.7 Å². The van der Waals surface area contributed by atoms with Gasteiger partial charge in [0, 0.05) is 45.3 Å². The van der Waals surface area contributed by atoms with Crippen LogP contribution in [-0.2, 0) is 4.79 Å². The minimum Gasteiger partial charge on any atom is -0.349 e. The van der Waals surface area contributed by atoms with Crippen molar-refractivity contribution in [2.24, 2.45) is 11.8 Å². The summed E-state index contributed by atoms with van der Waals surface area (Å²) < 4.78 is 0. The molecule has 6 nitrogen and oxygen atoms in total. The number of unbranched alkanes of at least 4 members (excludes halogenated alkanes) is 1. The molecule has 34 heavy (non-hydrogen) atoms. The van der Waals surface area contributed by atoms with Gasteiger partial charge in [-0.25, -0.2) is 0 Å². The fraction of sp³-hybridized carbons (Fsp3) is 0.536.